The van der Waals surface area contributed by atoms with Gasteiger partial charge in [-0.25, -0.2) is 9.97 Å². The Kier molecular flexibility index (Phi) is 48.8. The summed E-state index contributed by atoms with van der Waals surface area (Å²) in [6.45, 7) is 81.3. The highest BCUT2D eigenvalue weighted by Gasteiger charge is 2.41. The largest absolute Gasteiger partial charge is 0.456 e. The highest BCUT2D eigenvalue weighted by molar-refractivity contribution is 7.25. The molecule has 0 amide bonds. The Hall–Kier alpha value is -10.6. The fraction of sp³-hybridized carbons (Fsp3) is 0.446. The van der Waals surface area contributed by atoms with Crippen molar-refractivity contribution in [3.8, 4) is 11.1 Å². The van der Waals surface area contributed by atoms with Crippen molar-refractivity contribution >= 4 is 110 Å². The highest BCUT2D eigenvalue weighted by Crippen LogP contribution is 2.54. The molecule has 8 aromatic carbocycles. The molecule has 0 spiro atoms. The van der Waals surface area contributed by atoms with E-state index in [0.29, 0.717) is 30.8 Å². The number of rotatable bonds is 4. The van der Waals surface area contributed by atoms with Crippen molar-refractivity contribution in [2.75, 3.05) is 59.7 Å². The zero-order valence-electron chi connectivity index (χ0n) is 87.9. The van der Waals surface area contributed by atoms with Gasteiger partial charge in [0.1, 0.15) is 54.1 Å². The molecule has 12 aromatic rings. The molecule has 5 atom stereocenters. The molecule has 0 radical (unpaired) electrons. The molecule has 15 heteroatoms. The molecule has 14 nitrogen and oxygen atoms in total. The molecular formula is C112H171N13OS. The molecule has 10 heterocycles. The van der Waals surface area contributed by atoms with E-state index in [-0.39, 0.29) is 0 Å². The SMILES string of the molecule is CC.CC.CC.CC.CC.CC.CC.CC.CC.CC.CC.CC.CC1=C2c3c(C)c(C)c(C)c(C)c3-c3cccc(C)c3N2C(C)N1C.Cc1cc2c(cc1N1C=CN(C)C1C)c1ccccc1n2C.Cc1cc2oc3ccccc3c2cc1N1C=CN(C)C1C.Cc1cc2sc3ccccc3c2cc1N1C=CN(C)C1C.Cc1cncnc1N1C=CN(C)C1C. The summed E-state index contributed by atoms with van der Waals surface area (Å²) in [5, 5.41) is 7.74. The molecule has 0 aliphatic carbocycles. The van der Waals surface area contributed by atoms with Gasteiger partial charge in [-0.1, -0.05) is 239 Å². The van der Waals surface area contributed by atoms with Crippen molar-refractivity contribution in [2.45, 2.75) is 301 Å². The van der Waals surface area contributed by atoms with Crippen LogP contribution >= 0.6 is 11.3 Å². The van der Waals surface area contributed by atoms with Crippen molar-refractivity contribution in [3.63, 3.8) is 0 Å². The maximum Gasteiger partial charge on any atom is 0.140 e. The second kappa shape index (κ2) is 55.2. The van der Waals surface area contributed by atoms with Gasteiger partial charge in [-0.2, -0.15) is 0 Å². The van der Waals surface area contributed by atoms with Crippen LogP contribution in [0.15, 0.2) is 200 Å². The summed E-state index contributed by atoms with van der Waals surface area (Å²) in [4.78, 5) is 31.2. The molecule has 5 unspecified atom stereocenters. The van der Waals surface area contributed by atoms with Crippen molar-refractivity contribution in [1.82, 2.24) is 39.0 Å². The smallest absolute Gasteiger partial charge is 0.140 e. The number of hydrogen-bond donors (Lipinski definition) is 0. The Bertz CT molecular complexity index is 5330. The number of nitrogens with zero attached hydrogens (tertiary/aromatic N) is 13. The van der Waals surface area contributed by atoms with Crippen molar-refractivity contribution in [2.24, 2.45) is 7.05 Å². The molecule has 0 saturated heterocycles. The van der Waals surface area contributed by atoms with Gasteiger partial charge in [0.05, 0.1) is 11.4 Å². The van der Waals surface area contributed by atoms with E-state index in [0.717, 1.165) is 22.5 Å². The molecule has 6 aliphatic heterocycles. The average Bonchev–Trinajstić information content (AvgIpc) is 1.60. The van der Waals surface area contributed by atoms with Crippen LogP contribution in [0.4, 0.5) is 28.6 Å². The number of aromatic nitrogens is 3. The fourth-order valence-electron chi connectivity index (χ4n) is 15.8. The number of anilines is 5. The lowest BCUT2D eigenvalue weighted by Gasteiger charge is -2.38. The van der Waals surface area contributed by atoms with Crippen LogP contribution in [0.2, 0.25) is 0 Å². The van der Waals surface area contributed by atoms with E-state index < -0.39 is 0 Å². The number of para-hydroxylation sites is 3. The van der Waals surface area contributed by atoms with E-state index in [2.05, 4.69) is 355 Å². The van der Waals surface area contributed by atoms with Gasteiger partial charge < -0.3 is 58.0 Å². The predicted octanol–water partition coefficient (Wildman–Crippen LogP) is 33.0. The highest BCUT2D eigenvalue weighted by atomic mass is 32.1. The second-order valence-corrected chi connectivity index (χ2v) is 30.1. The molecule has 4 aromatic heterocycles. The number of aryl methyl sites for hydroxylation is 6. The Morgan fingerprint density at radius 1 is 0.323 bits per heavy atom. The third kappa shape index (κ3) is 24.2. The predicted molar refractivity (Wildman–Crippen MR) is 574 cm³/mol. The monoisotopic (exact) mass is 1750 g/mol. The van der Waals surface area contributed by atoms with Crippen molar-refractivity contribution in [1.29, 1.82) is 0 Å². The van der Waals surface area contributed by atoms with Gasteiger partial charge in [-0.15, -0.1) is 11.3 Å². The molecule has 6 aliphatic rings. The fourth-order valence-corrected chi connectivity index (χ4v) is 17.0. The van der Waals surface area contributed by atoms with Gasteiger partial charge in [0.25, 0.3) is 0 Å². The Labute approximate surface area is 777 Å². The van der Waals surface area contributed by atoms with Crippen LogP contribution in [0, 0.1) is 62.3 Å². The average molecular weight is 1750 g/mol. The maximum absolute atomic E-state index is 5.95. The van der Waals surface area contributed by atoms with Gasteiger partial charge >= 0.3 is 0 Å². The van der Waals surface area contributed by atoms with Crippen LogP contribution in [0.3, 0.4) is 0 Å². The van der Waals surface area contributed by atoms with Gasteiger partial charge in [-0.3, -0.25) is 0 Å². The number of fused-ring (bicyclic) bond motifs is 15. The molecule has 0 bridgehead atoms. The third-order valence-corrected chi connectivity index (χ3v) is 24.2. The number of hydrogen-bond acceptors (Lipinski definition) is 14. The number of thiophene rings is 1. The Morgan fingerprint density at radius 3 is 1.22 bits per heavy atom. The number of benzene rings is 8. The van der Waals surface area contributed by atoms with Crippen molar-refractivity contribution < 1.29 is 4.42 Å². The van der Waals surface area contributed by atoms with Crippen LogP contribution in [-0.2, 0) is 7.05 Å². The molecule has 18 rings (SSSR count). The first kappa shape index (κ1) is 112. The van der Waals surface area contributed by atoms with E-state index >= 15 is 0 Å². The Balaban J connectivity index is 0.000000510. The molecule has 127 heavy (non-hydrogen) atoms. The first-order chi connectivity index (χ1) is 61.3. The van der Waals surface area contributed by atoms with E-state index in [1.807, 2.05) is 215 Å². The van der Waals surface area contributed by atoms with E-state index in [1.165, 1.54) is 148 Å². The van der Waals surface area contributed by atoms with Crippen LogP contribution in [0.5, 0.6) is 0 Å². The van der Waals surface area contributed by atoms with Crippen LogP contribution < -0.4 is 24.5 Å². The molecule has 0 N–H and O–H groups in total. The topological polar surface area (TPSA) is 76.2 Å². The number of allylic oxidation sites excluding steroid dienone is 1. The van der Waals surface area contributed by atoms with Gasteiger partial charge in [-0.05, 0) is 209 Å². The summed E-state index contributed by atoms with van der Waals surface area (Å²) >= 11 is 1.88. The summed E-state index contributed by atoms with van der Waals surface area (Å²) in [6.07, 6.45) is 22.1. The third-order valence-electron chi connectivity index (χ3n) is 23.1. The number of furan rings is 1. The summed E-state index contributed by atoms with van der Waals surface area (Å²) < 4.78 is 11.0. The maximum atomic E-state index is 5.95. The van der Waals surface area contributed by atoms with E-state index in [9.17, 15) is 0 Å². The summed E-state index contributed by atoms with van der Waals surface area (Å²) in [6, 6.07) is 46.0. The molecular weight excluding hydrogens is 1580 g/mol. The normalized spacial score (nSPS) is 15.7. The van der Waals surface area contributed by atoms with Gasteiger partial charge in [0.2, 0.25) is 0 Å². The minimum Gasteiger partial charge on any atom is -0.456 e. The lowest BCUT2D eigenvalue weighted by Crippen LogP contribution is -2.37. The van der Waals surface area contributed by atoms with E-state index in [4.69, 9.17) is 4.42 Å². The molecule has 0 fully saturated rings. The summed E-state index contributed by atoms with van der Waals surface area (Å²) in [5.74, 6) is 0.980. The first-order valence-corrected chi connectivity index (χ1v) is 48.9. The van der Waals surface area contributed by atoms with Gasteiger partial charge in [0, 0.05) is 190 Å². The zero-order chi connectivity index (χ0) is 96.9. The summed E-state index contributed by atoms with van der Waals surface area (Å²) in [7, 11) is 12.8. The zero-order valence-corrected chi connectivity index (χ0v) is 88.7. The Morgan fingerprint density at radius 2 is 0.740 bits per heavy atom. The minimum atomic E-state index is 0.323. The standard InChI is InChI=1S/C23H28N2.C19H21N3.C18H18N2O.C18H18N2S.C10H14N4.12C2H6/c1-12-10-9-11-19-20-15(4)13(2)14(3)16(5)21(20)23-17(6)24(8)18(7)25(23)22(12)19;1-13-11-19-16(15-7-5-6-8-17(15)21(19)4)12-18(13)22-10-9-20(3)14(22)2;2*1-12-10-18-15(14-6-4-5-7-17(14)21-18)11-16(12)20-9-8-19(3)13(20)2;1-8-6-11-7-12-10(8)14-5-4-13(3)9(14)2;12*1-2/h9-11,18H,1-8H3;5-12,14H,1-4H3;2*4-11,13H,1-3H3;4-7,9H,1-3H3;12*1-2H3. The summed E-state index contributed by atoms with van der Waals surface area (Å²) in [5.41, 5.74) is 28.8. The lowest BCUT2D eigenvalue weighted by molar-refractivity contribution is 0.357. The van der Waals surface area contributed by atoms with E-state index in [1.54, 1.807) is 6.33 Å². The van der Waals surface area contributed by atoms with Crippen LogP contribution in [0.1, 0.15) is 263 Å². The quantitative estimate of drug-likeness (QED) is 0.168. The molecule has 0 saturated carbocycles. The lowest BCUT2D eigenvalue weighted by atomic mass is 9.80. The molecule has 696 valence electrons. The van der Waals surface area contributed by atoms with Crippen LogP contribution in [0.25, 0.3) is 80.7 Å². The second-order valence-electron chi connectivity index (χ2n) is 29.0. The van der Waals surface area contributed by atoms with Crippen molar-refractivity contribution in [3.05, 3.63) is 251 Å². The van der Waals surface area contributed by atoms with Crippen LogP contribution in [-0.4, -0.2) is 105 Å². The van der Waals surface area contributed by atoms with Gasteiger partial charge in [0.15, 0.2) is 0 Å². The minimum absolute atomic E-state index is 0.323. The first-order valence-electron chi connectivity index (χ1n) is 48.1.